The van der Waals surface area contributed by atoms with E-state index >= 15 is 0 Å². The first-order valence-electron chi connectivity index (χ1n) is 1.96. The fourth-order valence-corrected chi connectivity index (χ4v) is 0.420. The van der Waals surface area contributed by atoms with E-state index in [1.807, 2.05) is 0 Å². The summed E-state index contributed by atoms with van der Waals surface area (Å²) in [4.78, 5) is 0. The van der Waals surface area contributed by atoms with Crippen molar-refractivity contribution in [1.29, 1.82) is 0 Å². The Kier molecular flexibility index (Phi) is 0.770. The van der Waals surface area contributed by atoms with Crippen LogP contribution in [0.4, 0.5) is 8.78 Å². The van der Waals surface area contributed by atoms with Gasteiger partial charge in [-0.2, -0.15) is 0 Å². The van der Waals surface area contributed by atoms with Crippen LogP contribution in [0.15, 0.2) is 23.0 Å². The topological polar surface area (TPSA) is 52.0 Å². The van der Waals surface area contributed by atoms with Crippen LogP contribution in [0.3, 0.4) is 0 Å². The van der Waals surface area contributed by atoms with Gasteiger partial charge in [0.05, 0.1) is 0 Å². The molecule has 0 spiro atoms. The van der Waals surface area contributed by atoms with Gasteiger partial charge in [-0.05, 0) is 0 Å². The Morgan fingerprint density at radius 2 is 1.12 bits per heavy atom. The molecule has 0 aromatic heterocycles. The molecular weight excluding hydrogens is 114 g/mol. The van der Waals surface area contributed by atoms with Crippen molar-refractivity contribution >= 4 is 0 Å². The normalized spacial score (nSPS) is 19.2. The molecule has 4 N–H and O–H groups in total. The van der Waals surface area contributed by atoms with Crippen LogP contribution < -0.4 is 11.5 Å². The predicted octanol–water partition coefficient (Wildman–Crippen LogP) is 0.280. The third kappa shape index (κ3) is 0.344. The molecule has 0 unspecified atom stereocenters. The number of halogens is 2. The summed E-state index contributed by atoms with van der Waals surface area (Å²) in [7, 11) is 0. The van der Waals surface area contributed by atoms with E-state index in [4.69, 9.17) is 11.5 Å². The van der Waals surface area contributed by atoms with Crippen LogP contribution in [-0.4, -0.2) is 0 Å². The molecule has 0 radical (unpaired) electrons. The van der Waals surface area contributed by atoms with Crippen LogP contribution in [-0.2, 0) is 0 Å². The summed E-state index contributed by atoms with van der Waals surface area (Å²) < 4.78 is 23.8. The SMILES string of the molecule is NC1=C(F)C(N)=C1F. The molecule has 0 amide bonds. The molecule has 0 saturated carbocycles. The second-order valence-corrected chi connectivity index (χ2v) is 1.46. The minimum Gasteiger partial charge on any atom is -0.394 e. The van der Waals surface area contributed by atoms with Gasteiger partial charge in [0.15, 0.2) is 11.7 Å². The van der Waals surface area contributed by atoms with Gasteiger partial charge in [-0.3, -0.25) is 0 Å². The summed E-state index contributed by atoms with van der Waals surface area (Å²) in [6.07, 6.45) is 0. The van der Waals surface area contributed by atoms with Gasteiger partial charge in [0.25, 0.3) is 0 Å². The molecule has 1 rings (SSSR count). The highest BCUT2D eigenvalue weighted by Gasteiger charge is 2.25. The van der Waals surface area contributed by atoms with Crippen molar-refractivity contribution in [3.63, 3.8) is 0 Å². The van der Waals surface area contributed by atoms with E-state index in [0.29, 0.717) is 0 Å². The zero-order valence-corrected chi connectivity index (χ0v) is 3.91. The molecule has 0 saturated heterocycles. The lowest BCUT2D eigenvalue weighted by Gasteiger charge is -2.12. The summed E-state index contributed by atoms with van der Waals surface area (Å²) in [5.74, 6) is -1.66. The molecule has 0 atom stereocenters. The van der Waals surface area contributed by atoms with Gasteiger partial charge in [0.2, 0.25) is 0 Å². The number of hydrogen-bond acceptors (Lipinski definition) is 2. The Balaban J connectivity index is 2.86. The second kappa shape index (κ2) is 1.21. The van der Waals surface area contributed by atoms with Gasteiger partial charge < -0.3 is 11.5 Å². The van der Waals surface area contributed by atoms with E-state index in [2.05, 4.69) is 0 Å². The Bertz CT molecular complexity index is 139. The van der Waals surface area contributed by atoms with Gasteiger partial charge in [-0.1, -0.05) is 0 Å². The van der Waals surface area contributed by atoms with Crippen LogP contribution in [0.1, 0.15) is 0 Å². The summed E-state index contributed by atoms with van der Waals surface area (Å²) in [5.41, 5.74) is 8.56. The minimum atomic E-state index is -0.831. The van der Waals surface area contributed by atoms with E-state index in [1.165, 1.54) is 0 Å². The molecule has 1 aliphatic rings. The molecular formula is C4H4F2N2. The Morgan fingerprint density at radius 1 is 0.875 bits per heavy atom. The number of allylic oxidation sites excluding steroid dienone is 2. The van der Waals surface area contributed by atoms with Gasteiger partial charge >= 0.3 is 0 Å². The van der Waals surface area contributed by atoms with Crippen molar-refractivity contribution in [2.75, 3.05) is 0 Å². The lowest BCUT2D eigenvalue weighted by Crippen LogP contribution is -2.19. The Labute approximate surface area is 44.5 Å². The monoisotopic (exact) mass is 118 g/mol. The highest BCUT2D eigenvalue weighted by atomic mass is 19.1. The molecule has 0 heterocycles. The maximum Gasteiger partial charge on any atom is 0.175 e. The van der Waals surface area contributed by atoms with Crippen molar-refractivity contribution in [2.45, 2.75) is 0 Å². The van der Waals surface area contributed by atoms with E-state index in [-0.39, 0.29) is 0 Å². The van der Waals surface area contributed by atoms with Crippen LogP contribution >= 0.6 is 0 Å². The molecule has 44 valence electrons. The molecule has 0 fully saturated rings. The minimum absolute atomic E-state index is 0.470. The average molecular weight is 118 g/mol. The molecule has 0 bridgehead atoms. The van der Waals surface area contributed by atoms with Crippen molar-refractivity contribution in [3.8, 4) is 0 Å². The molecule has 0 aromatic carbocycles. The number of hydrogen-bond donors (Lipinski definition) is 2. The Hall–Kier alpha value is -1.06. The Morgan fingerprint density at radius 3 is 1.25 bits per heavy atom. The molecule has 8 heavy (non-hydrogen) atoms. The quantitative estimate of drug-likeness (QED) is 0.480. The van der Waals surface area contributed by atoms with E-state index in [1.54, 1.807) is 0 Å². The molecule has 4 heteroatoms. The zero-order valence-electron chi connectivity index (χ0n) is 3.91. The first-order valence-corrected chi connectivity index (χ1v) is 1.96. The number of rotatable bonds is 0. The first-order chi connectivity index (χ1) is 3.64. The van der Waals surface area contributed by atoms with Gasteiger partial charge in [-0.25, -0.2) is 8.78 Å². The molecule has 1 aliphatic carbocycles. The highest BCUT2D eigenvalue weighted by Crippen LogP contribution is 2.29. The standard InChI is InChI=1S/C4H4F2N2/c5-1-3(7)2(6)4(1)8/h7-8H2. The maximum absolute atomic E-state index is 11.9. The fourth-order valence-electron chi connectivity index (χ4n) is 0.420. The highest BCUT2D eigenvalue weighted by molar-refractivity contribution is 5.49. The molecule has 0 aromatic rings. The lowest BCUT2D eigenvalue weighted by molar-refractivity contribution is 0.540. The molecule has 0 aliphatic heterocycles. The van der Waals surface area contributed by atoms with E-state index in [9.17, 15) is 8.78 Å². The van der Waals surface area contributed by atoms with Gasteiger partial charge in [-0.15, -0.1) is 0 Å². The van der Waals surface area contributed by atoms with Gasteiger partial charge in [0, 0.05) is 0 Å². The van der Waals surface area contributed by atoms with Crippen LogP contribution in [0.25, 0.3) is 0 Å². The van der Waals surface area contributed by atoms with E-state index in [0.717, 1.165) is 0 Å². The first kappa shape index (κ1) is 5.08. The van der Waals surface area contributed by atoms with Crippen molar-refractivity contribution in [3.05, 3.63) is 23.0 Å². The van der Waals surface area contributed by atoms with Crippen LogP contribution in [0.5, 0.6) is 0 Å². The third-order valence-corrected chi connectivity index (χ3v) is 0.946. The summed E-state index contributed by atoms with van der Waals surface area (Å²) in [5, 5.41) is 0. The van der Waals surface area contributed by atoms with E-state index < -0.39 is 23.0 Å². The van der Waals surface area contributed by atoms with Gasteiger partial charge in [0.1, 0.15) is 11.4 Å². The fraction of sp³-hybridized carbons (Fsp3) is 0. The predicted molar refractivity (Wildman–Crippen MR) is 24.6 cm³/mol. The van der Waals surface area contributed by atoms with Crippen LogP contribution in [0, 0.1) is 0 Å². The summed E-state index contributed by atoms with van der Waals surface area (Å²) in [6.45, 7) is 0. The summed E-state index contributed by atoms with van der Waals surface area (Å²) in [6, 6.07) is 0. The van der Waals surface area contributed by atoms with Crippen molar-refractivity contribution in [1.82, 2.24) is 0 Å². The van der Waals surface area contributed by atoms with Crippen molar-refractivity contribution < 1.29 is 8.78 Å². The average Bonchev–Trinajstić information content (AvgIpc) is 1.83. The van der Waals surface area contributed by atoms with Crippen molar-refractivity contribution in [2.24, 2.45) is 11.5 Å². The third-order valence-electron chi connectivity index (χ3n) is 0.946. The zero-order chi connectivity index (χ0) is 6.31. The largest absolute Gasteiger partial charge is 0.394 e. The number of nitrogens with two attached hydrogens (primary N) is 2. The smallest absolute Gasteiger partial charge is 0.175 e. The lowest BCUT2D eigenvalue weighted by atomic mass is 10.1. The summed E-state index contributed by atoms with van der Waals surface area (Å²) >= 11 is 0. The van der Waals surface area contributed by atoms with Crippen LogP contribution in [0.2, 0.25) is 0 Å². The second-order valence-electron chi connectivity index (χ2n) is 1.46. The maximum atomic E-state index is 11.9. The molecule has 2 nitrogen and oxygen atoms in total.